The topological polar surface area (TPSA) is 38.7 Å². The van der Waals surface area contributed by atoms with Crippen molar-refractivity contribution in [3.63, 3.8) is 0 Å². The number of fused-ring (bicyclic) bond motifs is 1. The lowest BCUT2D eigenvalue weighted by Gasteiger charge is -1.97. The van der Waals surface area contributed by atoms with Crippen LogP contribution in [0.4, 0.5) is 0 Å². The van der Waals surface area contributed by atoms with Gasteiger partial charge in [-0.15, -0.1) is 0 Å². The Morgan fingerprint density at radius 1 is 1.27 bits per heavy atom. The van der Waals surface area contributed by atoms with Gasteiger partial charge in [-0.25, -0.2) is 0 Å². The summed E-state index contributed by atoms with van der Waals surface area (Å²) in [5, 5.41) is 9.04. The first kappa shape index (κ1) is 7.02. The van der Waals surface area contributed by atoms with Crippen LogP contribution in [-0.4, -0.2) is 9.40 Å². The van der Waals surface area contributed by atoms with Crippen LogP contribution >= 0.6 is 22.6 Å². The van der Waals surface area contributed by atoms with Crippen molar-refractivity contribution in [1.29, 1.82) is 0 Å². The third-order valence-electron chi connectivity index (χ3n) is 1.37. The minimum absolute atomic E-state index is 0.192. The third-order valence-corrected chi connectivity index (χ3v) is 1.88. The Morgan fingerprint density at radius 3 is 2.82 bits per heavy atom. The Labute approximate surface area is 77.1 Å². The molecule has 1 aromatic carbocycles. The first-order chi connectivity index (χ1) is 5.25. The van der Waals surface area contributed by atoms with E-state index in [1.54, 1.807) is 12.1 Å². The zero-order chi connectivity index (χ0) is 7.84. The molecule has 0 amide bonds. The number of hydrogen-bond acceptors (Lipinski definition) is 3. The summed E-state index contributed by atoms with van der Waals surface area (Å²) in [7, 11) is 0. The van der Waals surface area contributed by atoms with Gasteiger partial charge in [0.25, 0.3) is 4.30 Å². The molecule has 0 spiro atoms. The van der Waals surface area contributed by atoms with E-state index < -0.39 is 0 Å². The van der Waals surface area contributed by atoms with Crippen molar-refractivity contribution < 1.29 is 14.6 Å². The molecule has 1 heterocycles. The Kier molecular flexibility index (Phi) is 1.56. The zero-order valence-electron chi connectivity index (χ0n) is 5.45. The number of rotatable bonds is 0. The van der Waals surface area contributed by atoms with Crippen molar-refractivity contribution in [3.05, 3.63) is 18.2 Å². The summed E-state index contributed by atoms with van der Waals surface area (Å²) in [6.07, 6.45) is 0. The predicted molar refractivity (Wildman–Crippen MR) is 47.2 cm³/mol. The second kappa shape index (κ2) is 2.44. The van der Waals surface area contributed by atoms with E-state index in [4.69, 9.17) is 14.6 Å². The average molecular weight is 264 g/mol. The van der Waals surface area contributed by atoms with Crippen molar-refractivity contribution in [2.75, 3.05) is 0 Å². The smallest absolute Gasteiger partial charge is 0.292 e. The molecule has 0 aromatic heterocycles. The molecule has 0 saturated carbocycles. The predicted octanol–water partition coefficient (Wildman–Crippen LogP) is 1.88. The van der Waals surface area contributed by atoms with E-state index >= 15 is 0 Å². The molecule has 0 saturated heterocycles. The molecule has 0 radical (unpaired) electrons. The summed E-state index contributed by atoms with van der Waals surface area (Å²) in [5.74, 6) is 1.48. The van der Waals surface area contributed by atoms with Gasteiger partial charge in [-0.3, -0.25) is 0 Å². The quantitative estimate of drug-likeness (QED) is 0.574. The normalized spacial score (nSPS) is 20.3. The molecular weight excluding hydrogens is 259 g/mol. The maximum absolute atomic E-state index is 9.04. The SMILES string of the molecule is Oc1ccc2c(c1)OC(I)O2. The molecule has 11 heavy (non-hydrogen) atoms. The summed E-state index contributed by atoms with van der Waals surface area (Å²) < 4.78 is 10.1. The molecule has 0 bridgehead atoms. The Hall–Kier alpha value is -0.650. The highest BCUT2D eigenvalue weighted by Gasteiger charge is 2.20. The lowest BCUT2D eigenvalue weighted by molar-refractivity contribution is 0.152. The van der Waals surface area contributed by atoms with E-state index in [1.807, 2.05) is 22.6 Å². The molecule has 1 N–H and O–H groups in total. The number of alkyl halides is 1. The number of phenolic OH excluding ortho intramolecular Hbond substituents is 1. The molecular formula is C7H5IO3. The van der Waals surface area contributed by atoms with Crippen molar-refractivity contribution in [2.45, 2.75) is 4.30 Å². The molecule has 1 unspecified atom stereocenters. The highest BCUT2D eigenvalue weighted by atomic mass is 127. The van der Waals surface area contributed by atoms with Crippen LogP contribution in [0.1, 0.15) is 0 Å². The second-order valence-corrected chi connectivity index (χ2v) is 3.16. The molecule has 3 nitrogen and oxygen atoms in total. The van der Waals surface area contributed by atoms with Crippen LogP contribution in [0.5, 0.6) is 17.2 Å². The third kappa shape index (κ3) is 1.22. The van der Waals surface area contributed by atoms with Gasteiger partial charge in [0.2, 0.25) is 0 Å². The van der Waals surface area contributed by atoms with E-state index in [0.29, 0.717) is 11.5 Å². The molecule has 0 aliphatic carbocycles. The number of hydrogen-bond donors (Lipinski definition) is 1. The van der Waals surface area contributed by atoms with Crippen LogP contribution in [0.2, 0.25) is 0 Å². The number of aromatic hydroxyl groups is 1. The Bertz CT molecular complexity index is 287. The van der Waals surface area contributed by atoms with Crippen LogP contribution in [0, 0.1) is 0 Å². The average Bonchev–Trinajstić information content (AvgIpc) is 2.27. The minimum Gasteiger partial charge on any atom is -0.508 e. The van der Waals surface area contributed by atoms with E-state index in [9.17, 15) is 0 Å². The first-order valence-corrected chi connectivity index (χ1v) is 4.31. The van der Waals surface area contributed by atoms with Gasteiger partial charge in [-0.2, -0.15) is 0 Å². The molecule has 1 atom stereocenters. The molecule has 2 rings (SSSR count). The van der Waals surface area contributed by atoms with E-state index in [2.05, 4.69) is 0 Å². The minimum atomic E-state index is -0.274. The lowest BCUT2D eigenvalue weighted by atomic mass is 10.3. The van der Waals surface area contributed by atoms with Gasteiger partial charge in [-0.1, -0.05) is 0 Å². The maximum Gasteiger partial charge on any atom is 0.292 e. The number of halogens is 1. The molecule has 58 valence electrons. The second-order valence-electron chi connectivity index (χ2n) is 2.14. The van der Waals surface area contributed by atoms with Crippen molar-refractivity contribution in [1.82, 2.24) is 0 Å². The summed E-state index contributed by atoms with van der Waals surface area (Å²) >= 11 is 2.01. The van der Waals surface area contributed by atoms with Crippen molar-refractivity contribution in [3.8, 4) is 17.2 Å². The fourth-order valence-corrected chi connectivity index (χ4v) is 1.46. The molecule has 4 heteroatoms. The Morgan fingerprint density at radius 2 is 2.00 bits per heavy atom. The van der Waals surface area contributed by atoms with Crippen molar-refractivity contribution >= 4 is 22.6 Å². The van der Waals surface area contributed by atoms with Crippen LogP contribution in [0.3, 0.4) is 0 Å². The molecule has 0 fully saturated rings. The van der Waals surface area contributed by atoms with Gasteiger partial charge < -0.3 is 14.6 Å². The van der Waals surface area contributed by atoms with Crippen LogP contribution in [-0.2, 0) is 0 Å². The van der Waals surface area contributed by atoms with Gasteiger partial charge in [0.1, 0.15) is 5.75 Å². The maximum atomic E-state index is 9.04. The number of benzene rings is 1. The highest BCUT2D eigenvalue weighted by molar-refractivity contribution is 14.1. The molecule has 1 aliphatic heterocycles. The lowest BCUT2D eigenvalue weighted by Crippen LogP contribution is -2.06. The van der Waals surface area contributed by atoms with Gasteiger partial charge in [0.05, 0.1) is 0 Å². The number of phenols is 1. The first-order valence-electron chi connectivity index (χ1n) is 3.06. The summed E-state index contributed by atoms with van der Waals surface area (Å²) in [6, 6.07) is 4.79. The standard InChI is InChI=1S/C7H5IO3/c8-7-10-5-2-1-4(9)3-6(5)11-7/h1-3,7,9H. The largest absolute Gasteiger partial charge is 0.508 e. The van der Waals surface area contributed by atoms with Crippen molar-refractivity contribution in [2.24, 2.45) is 0 Å². The number of ether oxygens (including phenoxy) is 2. The van der Waals surface area contributed by atoms with Gasteiger partial charge in [0.15, 0.2) is 11.5 Å². The monoisotopic (exact) mass is 264 g/mol. The zero-order valence-corrected chi connectivity index (χ0v) is 7.61. The van der Waals surface area contributed by atoms with Crippen LogP contribution in [0.25, 0.3) is 0 Å². The van der Waals surface area contributed by atoms with E-state index in [-0.39, 0.29) is 10.0 Å². The fraction of sp³-hybridized carbons (Fsp3) is 0.143. The summed E-state index contributed by atoms with van der Waals surface area (Å²) in [6.45, 7) is 0. The molecule has 1 aliphatic rings. The molecule has 1 aromatic rings. The van der Waals surface area contributed by atoms with E-state index in [1.165, 1.54) is 6.07 Å². The Balaban J connectivity index is 2.43. The highest BCUT2D eigenvalue weighted by Crippen LogP contribution is 2.38. The van der Waals surface area contributed by atoms with Gasteiger partial charge in [-0.05, 0) is 12.1 Å². The summed E-state index contributed by atoms with van der Waals surface area (Å²) in [4.78, 5) is 0. The van der Waals surface area contributed by atoms with Gasteiger partial charge >= 0.3 is 0 Å². The summed E-state index contributed by atoms with van der Waals surface area (Å²) in [5.41, 5.74) is 0. The van der Waals surface area contributed by atoms with Crippen LogP contribution in [0.15, 0.2) is 18.2 Å². The van der Waals surface area contributed by atoms with Crippen LogP contribution < -0.4 is 9.47 Å². The van der Waals surface area contributed by atoms with Gasteiger partial charge in [0, 0.05) is 28.7 Å². The van der Waals surface area contributed by atoms with E-state index in [0.717, 1.165) is 0 Å². The fourth-order valence-electron chi connectivity index (χ4n) is 0.910.